The van der Waals surface area contributed by atoms with Gasteiger partial charge in [-0.2, -0.15) is 0 Å². The maximum absolute atomic E-state index is 13.8. The Kier molecular flexibility index (Phi) is 7.43. The van der Waals surface area contributed by atoms with Crippen molar-refractivity contribution < 1.29 is 23.7 Å². The van der Waals surface area contributed by atoms with Crippen LogP contribution in [0.2, 0.25) is 0 Å². The molecule has 4 rings (SSSR count). The zero-order chi connectivity index (χ0) is 26.7. The molecule has 0 bridgehead atoms. The van der Waals surface area contributed by atoms with Crippen molar-refractivity contribution in [3.05, 3.63) is 82.8 Å². The minimum Gasteiger partial charge on any atom is -0.496 e. The molecule has 0 amide bonds. The van der Waals surface area contributed by atoms with Crippen molar-refractivity contribution in [1.29, 1.82) is 0 Å². The van der Waals surface area contributed by atoms with Crippen molar-refractivity contribution >= 4 is 29.3 Å². The molecule has 0 aliphatic carbocycles. The molecule has 0 saturated carbocycles. The van der Waals surface area contributed by atoms with Crippen molar-refractivity contribution in [2.45, 2.75) is 6.92 Å². The van der Waals surface area contributed by atoms with Gasteiger partial charge < -0.3 is 28.7 Å². The second-order valence-corrected chi connectivity index (χ2v) is 9.14. The van der Waals surface area contributed by atoms with E-state index in [0.717, 1.165) is 16.9 Å². The molecule has 0 saturated heterocycles. The molecular weight excluding hydrogens is 468 g/mol. The van der Waals surface area contributed by atoms with Gasteiger partial charge in [0.15, 0.2) is 23.0 Å². The molecular formula is C30H32N2O5. The number of benzene rings is 3. The van der Waals surface area contributed by atoms with Gasteiger partial charge in [-0.05, 0) is 61.0 Å². The van der Waals surface area contributed by atoms with Crippen LogP contribution in [0.3, 0.4) is 0 Å². The normalized spacial score (nSPS) is 14.9. The molecule has 37 heavy (non-hydrogen) atoms. The Morgan fingerprint density at radius 3 is 1.62 bits per heavy atom. The van der Waals surface area contributed by atoms with E-state index in [-0.39, 0.29) is 11.5 Å². The van der Waals surface area contributed by atoms with Gasteiger partial charge in [-0.3, -0.25) is 4.79 Å². The Balaban J connectivity index is 1.85. The summed E-state index contributed by atoms with van der Waals surface area (Å²) < 4.78 is 23.5. The molecule has 3 aromatic carbocycles. The van der Waals surface area contributed by atoms with Crippen LogP contribution in [0, 0.1) is 6.92 Å². The Hall–Kier alpha value is -4.39. The number of hydrogen-bond acceptors (Lipinski definition) is 7. The van der Waals surface area contributed by atoms with E-state index in [1.165, 1.54) is 0 Å². The molecule has 0 unspecified atom stereocenters. The van der Waals surface area contributed by atoms with E-state index in [2.05, 4.69) is 0 Å². The molecule has 3 aromatic rings. The summed E-state index contributed by atoms with van der Waals surface area (Å²) in [5, 5.41) is 0. The number of fused-ring (bicyclic) bond motifs is 1. The number of rotatable bonds is 6. The minimum absolute atomic E-state index is 0.119. The van der Waals surface area contributed by atoms with Gasteiger partial charge in [-0.25, -0.2) is 0 Å². The number of carbonyl (C=O) groups is 1. The van der Waals surface area contributed by atoms with E-state index in [4.69, 9.17) is 18.9 Å². The summed E-state index contributed by atoms with van der Waals surface area (Å²) in [6, 6.07) is 17.1. The first-order chi connectivity index (χ1) is 17.7. The fourth-order valence-electron chi connectivity index (χ4n) is 3.90. The molecule has 0 spiro atoms. The van der Waals surface area contributed by atoms with Gasteiger partial charge in [0.05, 0.1) is 14.2 Å². The summed E-state index contributed by atoms with van der Waals surface area (Å²) in [4.78, 5) is 17.7. The van der Waals surface area contributed by atoms with Gasteiger partial charge in [0.25, 0.3) is 5.78 Å². The highest BCUT2D eigenvalue weighted by Crippen LogP contribution is 2.38. The third-order valence-electron chi connectivity index (χ3n) is 6.03. The van der Waals surface area contributed by atoms with E-state index in [9.17, 15) is 4.79 Å². The highest BCUT2D eigenvalue weighted by atomic mass is 16.5. The van der Waals surface area contributed by atoms with Crippen LogP contribution in [0.5, 0.6) is 23.0 Å². The number of Topliss-reactive ketones (excluding diaryl/α,β-unsaturated/α-hetero) is 1. The molecule has 1 aliphatic heterocycles. The van der Waals surface area contributed by atoms with Crippen LogP contribution in [0.15, 0.2) is 66.1 Å². The number of nitrogens with zero attached hydrogens (tertiary/aromatic N) is 2. The summed E-state index contributed by atoms with van der Waals surface area (Å²) in [5.74, 6) is 2.00. The number of anilines is 2. The first kappa shape index (κ1) is 25.7. The van der Waals surface area contributed by atoms with Crippen LogP contribution in [0.25, 0.3) is 12.2 Å². The summed E-state index contributed by atoms with van der Waals surface area (Å²) in [5.41, 5.74) is 4.35. The number of carbonyl (C=O) groups excluding carboxylic acids is 1. The Morgan fingerprint density at radius 2 is 1.16 bits per heavy atom. The van der Waals surface area contributed by atoms with Crippen LogP contribution in [0.4, 0.5) is 11.4 Å². The summed E-state index contributed by atoms with van der Waals surface area (Å²) in [7, 11) is 11.0. The van der Waals surface area contributed by atoms with Gasteiger partial charge >= 0.3 is 0 Å². The average Bonchev–Trinajstić information content (AvgIpc) is 3.00. The first-order valence-corrected chi connectivity index (χ1v) is 11.9. The fraction of sp³-hybridized carbons (Fsp3) is 0.233. The van der Waals surface area contributed by atoms with Gasteiger partial charge in [-0.1, -0.05) is 6.07 Å². The topological polar surface area (TPSA) is 60.5 Å². The largest absolute Gasteiger partial charge is 0.496 e. The Bertz CT molecular complexity index is 1390. The van der Waals surface area contributed by atoms with Crippen molar-refractivity contribution in [2.24, 2.45) is 0 Å². The van der Waals surface area contributed by atoms with Crippen LogP contribution >= 0.6 is 0 Å². The molecule has 1 heterocycles. The second-order valence-electron chi connectivity index (χ2n) is 9.14. The highest BCUT2D eigenvalue weighted by Gasteiger charge is 2.27. The highest BCUT2D eigenvalue weighted by molar-refractivity contribution is 6.12. The Labute approximate surface area is 218 Å². The summed E-state index contributed by atoms with van der Waals surface area (Å²) >= 11 is 0. The molecule has 7 nitrogen and oxygen atoms in total. The second kappa shape index (κ2) is 10.7. The average molecular weight is 501 g/mol. The number of hydrogen-bond donors (Lipinski definition) is 0. The first-order valence-electron chi connectivity index (χ1n) is 11.9. The molecule has 1 aliphatic rings. The maximum Gasteiger partial charge on any atom is 0.263 e. The fourth-order valence-corrected chi connectivity index (χ4v) is 3.90. The van der Waals surface area contributed by atoms with Crippen molar-refractivity contribution in [3.8, 4) is 23.0 Å². The molecule has 0 aromatic heterocycles. The van der Waals surface area contributed by atoms with Crippen LogP contribution < -0.4 is 28.7 Å². The van der Waals surface area contributed by atoms with Crippen LogP contribution in [-0.2, 0) is 4.79 Å². The number of methoxy groups -OCH3 is 2. The lowest BCUT2D eigenvalue weighted by Gasteiger charge is -2.15. The third-order valence-corrected chi connectivity index (χ3v) is 6.03. The predicted molar refractivity (Wildman–Crippen MR) is 148 cm³/mol. The van der Waals surface area contributed by atoms with Crippen LogP contribution in [0.1, 0.15) is 16.7 Å². The van der Waals surface area contributed by atoms with Crippen molar-refractivity contribution in [1.82, 2.24) is 0 Å². The smallest absolute Gasteiger partial charge is 0.263 e. The zero-order valence-electron chi connectivity index (χ0n) is 22.3. The quantitative estimate of drug-likeness (QED) is 0.410. The molecule has 0 N–H and O–H groups in total. The van der Waals surface area contributed by atoms with Crippen molar-refractivity contribution in [2.75, 3.05) is 52.2 Å². The lowest BCUT2D eigenvalue weighted by molar-refractivity contribution is -0.115. The van der Waals surface area contributed by atoms with Gasteiger partial charge in [0, 0.05) is 62.8 Å². The van der Waals surface area contributed by atoms with Gasteiger partial charge in [0.1, 0.15) is 11.5 Å². The minimum atomic E-state index is -0.397. The SMILES string of the molecule is COc1cc(N(C)C)ccc1C=C1Oc2ccc(C)cc2OC(=Cc2ccc(N(C)C)cc2OC)C1=O. The number of ether oxygens (including phenoxy) is 4. The zero-order valence-corrected chi connectivity index (χ0v) is 22.3. The van der Waals surface area contributed by atoms with Crippen molar-refractivity contribution in [3.63, 3.8) is 0 Å². The van der Waals surface area contributed by atoms with E-state index in [0.29, 0.717) is 34.1 Å². The summed E-state index contributed by atoms with van der Waals surface area (Å²) in [6.07, 6.45) is 3.36. The predicted octanol–water partition coefficient (Wildman–Crippen LogP) is 5.57. The van der Waals surface area contributed by atoms with E-state index in [1.807, 2.05) is 93.4 Å². The van der Waals surface area contributed by atoms with E-state index < -0.39 is 5.78 Å². The van der Waals surface area contributed by atoms with Gasteiger partial charge in [-0.15, -0.1) is 0 Å². The number of aryl methyl sites for hydroxylation is 1. The third kappa shape index (κ3) is 5.56. The van der Waals surface area contributed by atoms with E-state index in [1.54, 1.807) is 32.4 Å². The lowest BCUT2D eigenvalue weighted by Crippen LogP contribution is -2.13. The van der Waals surface area contributed by atoms with Crippen LogP contribution in [-0.4, -0.2) is 48.2 Å². The molecule has 0 fully saturated rings. The molecule has 0 atom stereocenters. The molecule has 192 valence electrons. The van der Waals surface area contributed by atoms with E-state index >= 15 is 0 Å². The van der Waals surface area contributed by atoms with Gasteiger partial charge in [0.2, 0.25) is 0 Å². The lowest BCUT2D eigenvalue weighted by atomic mass is 10.1. The number of ketones is 1. The monoisotopic (exact) mass is 500 g/mol. The molecule has 7 heteroatoms. The summed E-state index contributed by atoms with van der Waals surface area (Å²) in [6.45, 7) is 1.96. The Morgan fingerprint density at radius 1 is 0.676 bits per heavy atom. The molecule has 0 radical (unpaired) electrons. The standard InChI is InChI=1S/C30H32N2O5/c1-19-8-13-24-27(14-19)37-29(16-21-10-12-23(32(4)5)18-26(21)35-7)30(33)28(36-24)15-20-9-11-22(31(2)3)17-25(20)34-6/h8-18H,1-7H3. The maximum atomic E-state index is 13.8.